The third-order valence-corrected chi connectivity index (χ3v) is 5.92. The highest BCUT2D eigenvalue weighted by Gasteiger charge is 2.39. The standard InChI is InChI=1S/C26H25F3N6O3/c1-34(25(38)18(12-30)14-32-22-10-6-5-9-21(22)26(27,28)29)16-23(36)35-15-17(11-20(35)13-31)24(37)33-19-7-3-2-4-8-19/h2-10,12,14,17,20,30,32H,11,15-16H2,1H3,(H,33,37)/b18-14+,30-12?. The number of rotatable bonds is 8. The molecule has 0 spiro atoms. The minimum Gasteiger partial charge on any atom is -0.360 e. The van der Waals surface area contributed by atoms with Crippen molar-refractivity contribution in [1.82, 2.24) is 9.80 Å². The first-order valence-electron chi connectivity index (χ1n) is 11.5. The van der Waals surface area contributed by atoms with Crippen LogP contribution in [-0.4, -0.2) is 59.9 Å². The fourth-order valence-electron chi connectivity index (χ4n) is 3.95. The maximum Gasteiger partial charge on any atom is 0.418 e. The summed E-state index contributed by atoms with van der Waals surface area (Å²) >= 11 is 0. The number of likely N-dealkylation sites (tertiary alicyclic amines) is 1. The molecule has 1 fully saturated rings. The van der Waals surface area contributed by atoms with Crippen molar-refractivity contribution in [1.29, 1.82) is 10.7 Å². The molecule has 9 nitrogen and oxygen atoms in total. The highest BCUT2D eigenvalue weighted by atomic mass is 19.4. The van der Waals surface area contributed by atoms with Crippen LogP contribution >= 0.6 is 0 Å². The molecular weight excluding hydrogens is 501 g/mol. The van der Waals surface area contributed by atoms with E-state index >= 15 is 0 Å². The Morgan fingerprint density at radius 1 is 1.16 bits per heavy atom. The van der Waals surface area contributed by atoms with Crippen LogP contribution in [0.5, 0.6) is 0 Å². The number of nitrogens with zero attached hydrogens (tertiary/aromatic N) is 3. The van der Waals surface area contributed by atoms with Gasteiger partial charge in [-0.15, -0.1) is 0 Å². The van der Waals surface area contributed by atoms with E-state index in [2.05, 4.69) is 10.6 Å². The van der Waals surface area contributed by atoms with Gasteiger partial charge in [-0.05, 0) is 30.7 Å². The van der Waals surface area contributed by atoms with Crippen molar-refractivity contribution in [3.63, 3.8) is 0 Å². The van der Waals surface area contributed by atoms with Crippen LogP contribution in [0, 0.1) is 22.7 Å². The number of anilines is 2. The lowest BCUT2D eigenvalue weighted by atomic mass is 10.1. The summed E-state index contributed by atoms with van der Waals surface area (Å²) in [5.74, 6) is -2.34. The van der Waals surface area contributed by atoms with E-state index in [0.29, 0.717) is 11.9 Å². The molecule has 2 aromatic carbocycles. The van der Waals surface area contributed by atoms with Crippen molar-refractivity contribution in [3.8, 4) is 6.07 Å². The largest absolute Gasteiger partial charge is 0.418 e. The number of benzene rings is 2. The lowest BCUT2D eigenvalue weighted by molar-refractivity contribution is -0.137. The monoisotopic (exact) mass is 526 g/mol. The lowest BCUT2D eigenvalue weighted by Gasteiger charge is -2.24. The number of hydrogen-bond donors (Lipinski definition) is 3. The molecular formula is C26H25F3N6O3. The zero-order valence-corrected chi connectivity index (χ0v) is 20.3. The second kappa shape index (κ2) is 12.1. The molecule has 0 aromatic heterocycles. The number of carbonyl (C=O) groups is 3. The van der Waals surface area contributed by atoms with Gasteiger partial charge >= 0.3 is 6.18 Å². The van der Waals surface area contributed by atoms with E-state index in [1.54, 1.807) is 30.3 Å². The van der Waals surface area contributed by atoms with Gasteiger partial charge in [0.1, 0.15) is 6.04 Å². The second-order valence-corrected chi connectivity index (χ2v) is 8.57. The average molecular weight is 527 g/mol. The summed E-state index contributed by atoms with van der Waals surface area (Å²) in [7, 11) is 1.29. The molecule has 1 saturated heterocycles. The van der Waals surface area contributed by atoms with Crippen molar-refractivity contribution in [2.75, 3.05) is 30.8 Å². The van der Waals surface area contributed by atoms with Crippen molar-refractivity contribution in [2.45, 2.75) is 18.6 Å². The Morgan fingerprint density at radius 3 is 2.45 bits per heavy atom. The number of halogens is 3. The number of amides is 3. The van der Waals surface area contributed by atoms with Crippen LogP contribution < -0.4 is 10.6 Å². The Balaban J connectivity index is 1.64. The maximum absolute atomic E-state index is 13.2. The number of nitriles is 1. The summed E-state index contributed by atoms with van der Waals surface area (Å²) in [4.78, 5) is 40.6. The maximum atomic E-state index is 13.2. The van der Waals surface area contributed by atoms with E-state index in [4.69, 9.17) is 5.41 Å². The van der Waals surface area contributed by atoms with Crippen LogP contribution in [0.1, 0.15) is 12.0 Å². The number of alkyl halides is 3. The molecule has 0 radical (unpaired) electrons. The van der Waals surface area contributed by atoms with E-state index in [-0.39, 0.29) is 30.1 Å². The van der Waals surface area contributed by atoms with E-state index in [1.165, 1.54) is 30.1 Å². The van der Waals surface area contributed by atoms with Gasteiger partial charge in [-0.25, -0.2) is 0 Å². The Morgan fingerprint density at radius 2 is 1.82 bits per heavy atom. The first kappa shape index (κ1) is 27.9. The van der Waals surface area contributed by atoms with Gasteiger partial charge in [0.25, 0.3) is 5.91 Å². The Kier molecular flexibility index (Phi) is 8.85. The second-order valence-electron chi connectivity index (χ2n) is 8.57. The van der Waals surface area contributed by atoms with Crippen LogP contribution in [0.25, 0.3) is 0 Å². The molecule has 1 aliphatic rings. The molecule has 2 atom stereocenters. The lowest BCUT2D eigenvalue weighted by Crippen LogP contribution is -2.43. The van der Waals surface area contributed by atoms with E-state index in [1.807, 2.05) is 6.07 Å². The van der Waals surface area contributed by atoms with Gasteiger partial charge in [0.15, 0.2) is 0 Å². The van der Waals surface area contributed by atoms with Crippen LogP contribution in [0.2, 0.25) is 0 Å². The SMILES string of the molecule is CN(CC(=O)N1CC(C(=O)Nc2ccccc2)CC1C#N)C(=O)/C(C=N)=C/Nc1ccccc1C(F)(F)F. The van der Waals surface area contributed by atoms with Gasteiger partial charge in [-0.3, -0.25) is 14.4 Å². The summed E-state index contributed by atoms with van der Waals surface area (Å²) in [6, 6.07) is 14.5. The molecule has 3 N–H and O–H groups in total. The molecule has 198 valence electrons. The van der Waals surface area contributed by atoms with E-state index < -0.39 is 42.1 Å². The Labute approximate surface area is 217 Å². The van der Waals surface area contributed by atoms with E-state index in [0.717, 1.165) is 17.2 Å². The molecule has 0 aliphatic carbocycles. The Hall–Kier alpha value is -4.66. The number of para-hydroxylation sites is 2. The summed E-state index contributed by atoms with van der Waals surface area (Å²) in [6.07, 6.45) is -2.88. The number of hydrogen-bond acceptors (Lipinski definition) is 6. The summed E-state index contributed by atoms with van der Waals surface area (Å²) < 4.78 is 39.6. The quantitative estimate of drug-likeness (QED) is 0.358. The normalized spacial score (nSPS) is 17.3. The number of likely N-dealkylation sites (N-methyl/N-ethyl adjacent to an activating group) is 1. The molecule has 1 aliphatic heterocycles. The summed E-state index contributed by atoms with van der Waals surface area (Å²) in [5, 5.41) is 22.2. The molecule has 3 rings (SSSR count). The third kappa shape index (κ3) is 6.76. The fourth-order valence-corrected chi connectivity index (χ4v) is 3.95. The average Bonchev–Trinajstić information content (AvgIpc) is 3.34. The van der Waals surface area contributed by atoms with Crippen LogP contribution in [-0.2, 0) is 20.6 Å². The summed E-state index contributed by atoms with van der Waals surface area (Å²) in [6.45, 7) is -0.477. The van der Waals surface area contributed by atoms with Crippen LogP contribution in [0.4, 0.5) is 24.5 Å². The van der Waals surface area contributed by atoms with Gasteiger partial charge in [0.05, 0.1) is 35.4 Å². The highest BCUT2D eigenvalue weighted by Crippen LogP contribution is 2.34. The summed E-state index contributed by atoms with van der Waals surface area (Å²) in [5.41, 5.74) is -0.965. The van der Waals surface area contributed by atoms with Crippen molar-refractivity contribution >= 4 is 35.3 Å². The number of carbonyl (C=O) groups excluding carboxylic acids is 3. The van der Waals surface area contributed by atoms with Gasteiger partial charge in [-0.1, -0.05) is 30.3 Å². The fraction of sp³-hybridized carbons (Fsp3) is 0.269. The first-order chi connectivity index (χ1) is 18.0. The van der Waals surface area contributed by atoms with Gasteiger partial charge in [0, 0.05) is 31.7 Å². The molecule has 3 amide bonds. The predicted octanol–water partition coefficient (Wildman–Crippen LogP) is 3.49. The van der Waals surface area contributed by atoms with Gasteiger partial charge in [0.2, 0.25) is 11.8 Å². The molecule has 1 heterocycles. The molecule has 0 saturated carbocycles. The Bertz CT molecular complexity index is 1270. The third-order valence-electron chi connectivity index (χ3n) is 5.92. The molecule has 38 heavy (non-hydrogen) atoms. The minimum absolute atomic E-state index is 0.0131. The minimum atomic E-state index is -4.63. The van der Waals surface area contributed by atoms with Crippen molar-refractivity contribution in [3.05, 3.63) is 71.9 Å². The highest BCUT2D eigenvalue weighted by molar-refractivity contribution is 6.12. The topological polar surface area (TPSA) is 129 Å². The molecule has 2 aromatic rings. The van der Waals surface area contributed by atoms with Gasteiger partial charge < -0.3 is 25.8 Å². The van der Waals surface area contributed by atoms with Crippen molar-refractivity contribution in [2.24, 2.45) is 5.92 Å². The van der Waals surface area contributed by atoms with Gasteiger partial charge in [-0.2, -0.15) is 18.4 Å². The predicted molar refractivity (Wildman–Crippen MR) is 134 cm³/mol. The zero-order chi connectivity index (χ0) is 27.9. The first-order valence-corrected chi connectivity index (χ1v) is 11.5. The van der Waals surface area contributed by atoms with Crippen molar-refractivity contribution < 1.29 is 27.6 Å². The number of nitrogens with one attached hydrogen (secondary N) is 3. The van der Waals surface area contributed by atoms with Crippen LogP contribution in [0.3, 0.4) is 0 Å². The molecule has 0 bridgehead atoms. The molecule has 2 unspecified atom stereocenters. The van der Waals surface area contributed by atoms with Crippen LogP contribution in [0.15, 0.2) is 66.4 Å². The smallest absolute Gasteiger partial charge is 0.360 e. The van der Waals surface area contributed by atoms with E-state index in [9.17, 15) is 32.8 Å². The molecule has 12 heteroatoms. The zero-order valence-electron chi connectivity index (χ0n) is 20.3.